The van der Waals surface area contributed by atoms with Crippen molar-refractivity contribution in [2.24, 2.45) is 0 Å². The molecule has 1 heterocycles. The molecule has 0 saturated heterocycles. The molecule has 0 aliphatic rings. The molecule has 0 aliphatic carbocycles. The number of nitrogens with zero attached hydrogens (tertiary/aromatic N) is 2. The standard InChI is InChI=1S/C21H17ClN2O4/c1-14-3-6-17(7-4-14)24(10-2-9-23)20(25)13-27-21(26)19-12-15-11-16(22)5-8-18(15)28-19/h3-8,11-12H,2,10,13H2,1H3. The molecule has 6 nitrogen and oxygen atoms in total. The lowest BCUT2D eigenvalue weighted by Gasteiger charge is -2.21. The summed E-state index contributed by atoms with van der Waals surface area (Å²) in [5.41, 5.74) is 2.19. The van der Waals surface area contributed by atoms with E-state index in [1.54, 1.807) is 30.3 Å². The lowest BCUT2D eigenvalue weighted by Crippen LogP contribution is -2.35. The summed E-state index contributed by atoms with van der Waals surface area (Å²) in [5.74, 6) is -1.18. The normalized spacial score (nSPS) is 10.5. The fraction of sp³-hybridized carbons (Fsp3) is 0.190. The monoisotopic (exact) mass is 396 g/mol. The van der Waals surface area contributed by atoms with Gasteiger partial charge in [0.05, 0.1) is 12.5 Å². The van der Waals surface area contributed by atoms with Gasteiger partial charge in [0.2, 0.25) is 5.76 Å². The van der Waals surface area contributed by atoms with E-state index in [-0.39, 0.29) is 18.7 Å². The molecule has 7 heteroatoms. The summed E-state index contributed by atoms with van der Waals surface area (Å²) < 4.78 is 10.6. The molecule has 0 spiro atoms. The predicted molar refractivity (Wildman–Crippen MR) is 105 cm³/mol. The fourth-order valence-corrected chi connectivity index (χ4v) is 2.86. The van der Waals surface area contributed by atoms with E-state index >= 15 is 0 Å². The second kappa shape index (κ2) is 8.59. The number of ether oxygens (including phenoxy) is 1. The number of rotatable bonds is 6. The van der Waals surface area contributed by atoms with Crippen LogP contribution in [0.2, 0.25) is 5.02 Å². The molecule has 0 bridgehead atoms. The van der Waals surface area contributed by atoms with Crippen molar-refractivity contribution >= 4 is 40.1 Å². The molecule has 142 valence electrons. The van der Waals surface area contributed by atoms with Gasteiger partial charge < -0.3 is 14.1 Å². The predicted octanol–water partition coefficient (Wildman–Crippen LogP) is 4.50. The van der Waals surface area contributed by atoms with E-state index in [1.807, 2.05) is 25.1 Å². The molecule has 28 heavy (non-hydrogen) atoms. The van der Waals surface area contributed by atoms with Crippen LogP contribution >= 0.6 is 11.6 Å². The first-order chi connectivity index (χ1) is 13.5. The number of carbonyl (C=O) groups is 2. The number of hydrogen-bond donors (Lipinski definition) is 0. The average molecular weight is 397 g/mol. The Morgan fingerprint density at radius 3 is 2.64 bits per heavy atom. The SMILES string of the molecule is Cc1ccc(N(CCC#N)C(=O)COC(=O)c2cc3cc(Cl)ccc3o2)cc1. The van der Waals surface area contributed by atoms with E-state index in [0.717, 1.165) is 5.56 Å². The van der Waals surface area contributed by atoms with Crippen molar-refractivity contribution in [2.45, 2.75) is 13.3 Å². The molecule has 0 atom stereocenters. The lowest BCUT2D eigenvalue weighted by molar-refractivity contribution is -0.121. The quantitative estimate of drug-likeness (QED) is 0.573. The van der Waals surface area contributed by atoms with E-state index in [2.05, 4.69) is 0 Å². The number of aryl methyl sites for hydroxylation is 1. The Kier molecular flexibility index (Phi) is 5.97. The van der Waals surface area contributed by atoms with Crippen LogP contribution in [-0.4, -0.2) is 25.0 Å². The van der Waals surface area contributed by atoms with Crippen LogP contribution in [0.3, 0.4) is 0 Å². The lowest BCUT2D eigenvalue weighted by atomic mass is 10.2. The average Bonchev–Trinajstić information content (AvgIpc) is 3.11. The number of hydrogen-bond acceptors (Lipinski definition) is 5. The number of carbonyl (C=O) groups excluding carboxylic acids is 2. The minimum absolute atomic E-state index is 0.0102. The van der Waals surface area contributed by atoms with Crippen molar-refractivity contribution in [2.75, 3.05) is 18.1 Å². The smallest absolute Gasteiger partial charge is 0.374 e. The minimum Gasteiger partial charge on any atom is -0.450 e. The van der Waals surface area contributed by atoms with Gasteiger partial charge in [-0.2, -0.15) is 5.26 Å². The van der Waals surface area contributed by atoms with Crippen LogP contribution in [0.25, 0.3) is 11.0 Å². The molecular formula is C21H17ClN2O4. The van der Waals surface area contributed by atoms with Gasteiger partial charge in [0.25, 0.3) is 5.91 Å². The largest absolute Gasteiger partial charge is 0.450 e. The molecule has 0 aliphatic heterocycles. The number of amides is 1. The first kappa shape index (κ1) is 19.5. The van der Waals surface area contributed by atoms with E-state index in [1.165, 1.54) is 11.0 Å². The third kappa shape index (κ3) is 4.51. The zero-order valence-electron chi connectivity index (χ0n) is 15.1. The Hall–Kier alpha value is -3.30. The van der Waals surface area contributed by atoms with Gasteiger partial charge in [0.1, 0.15) is 5.58 Å². The molecule has 0 saturated carbocycles. The Bertz CT molecular complexity index is 1050. The maximum atomic E-state index is 12.6. The summed E-state index contributed by atoms with van der Waals surface area (Å²) in [6.07, 6.45) is 0.165. The van der Waals surface area contributed by atoms with Crippen molar-refractivity contribution in [1.29, 1.82) is 5.26 Å². The van der Waals surface area contributed by atoms with Gasteiger partial charge in [-0.05, 0) is 43.3 Å². The van der Waals surface area contributed by atoms with Crippen molar-refractivity contribution in [3.05, 3.63) is 64.9 Å². The highest BCUT2D eigenvalue weighted by Gasteiger charge is 2.20. The van der Waals surface area contributed by atoms with Gasteiger partial charge in [-0.3, -0.25) is 4.79 Å². The van der Waals surface area contributed by atoms with Crippen LogP contribution < -0.4 is 4.90 Å². The van der Waals surface area contributed by atoms with Crippen LogP contribution in [0.1, 0.15) is 22.5 Å². The Balaban J connectivity index is 1.69. The van der Waals surface area contributed by atoms with Crippen molar-refractivity contribution in [1.82, 2.24) is 0 Å². The molecule has 2 aromatic carbocycles. The van der Waals surface area contributed by atoms with E-state index in [9.17, 15) is 9.59 Å². The summed E-state index contributed by atoms with van der Waals surface area (Å²) >= 11 is 5.92. The van der Waals surface area contributed by atoms with Crippen molar-refractivity contribution in [3.8, 4) is 6.07 Å². The molecule has 1 aromatic heterocycles. The molecule has 0 unspecified atom stereocenters. The maximum Gasteiger partial charge on any atom is 0.374 e. The van der Waals surface area contributed by atoms with E-state index in [4.69, 9.17) is 26.0 Å². The van der Waals surface area contributed by atoms with Crippen LogP contribution in [0, 0.1) is 18.3 Å². The minimum atomic E-state index is -0.746. The Morgan fingerprint density at radius 1 is 1.18 bits per heavy atom. The van der Waals surface area contributed by atoms with Crippen molar-refractivity contribution < 1.29 is 18.7 Å². The Morgan fingerprint density at radius 2 is 1.93 bits per heavy atom. The molecule has 0 radical (unpaired) electrons. The molecule has 1 amide bonds. The van der Waals surface area contributed by atoms with E-state index in [0.29, 0.717) is 21.7 Å². The van der Waals surface area contributed by atoms with Gasteiger partial charge in [0, 0.05) is 22.6 Å². The number of furan rings is 1. The van der Waals surface area contributed by atoms with Gasteiger partial charge >= 0.3 is 5.97 Å². The van der Waals surface area contributed by atoms with Gasteiger partial charge in [-0.25, -0.2) is 4.79 Å². The van der Waals surface area contributed by atoms with Crippen LogP contribution in [0.15, 0.2) is 52.9 Å². The topological polar surface area (TPSA) is 83.5 Å². The van der Waals surface area contributed by atoms with Gasteiger partial charge in [0.15, 0.2) is 6.61 Å². The molecule has 0 N–H and O–H groups in total. The first-order valence-corrected chi connectivity index (χ1v) is 8.96. The van der Waals surface area contributed by atoms with Gasteiger partial charge in [-0.1, -0.05) is 29.3 Å². The van der Waals surface area contributed by atoms with Crippen LogP contribution in [0.4, 0.5) is 5.69 Å². The number of esters is 1. The second-order valence-electron chi connectivity index (χ2n) is 6.16. The summed E-state index contributed by atoms with van der Waals surface area (Å²) in [5, 5.41) is 10.0. The molecular weight excluding hydrogens is 380 g/mol. The van der Waals surface area contributed by atoms with Crippen molar-refractivity contribution in [3.63, 3.8) is 0 Å². The third-order valence-electron chi connectivity index (χ3n) is 4.10. The second-order valence-corrected chi connectivity index (χ2v) is 6.59. The first-order valence-electron chi connectivity index (χ1n) is 8.58. The number of halogens is 1. The summed E-state index contributed by atoms with van der Waals surface area (Å²) in [7, 11) is 0. The van der Waals surface area contributed by atoms with Crippen LogP contribution in [0.5, 0.6) is 0 Å². The number of fused-ring (bicyclic) bond motifs is 1. The van der Waals surface area contributed by atoms with Crippen LogP contribution in [-0.2, 0) is 9.53 Å². The fourth-order valence-electron chi connectivity index (χ4n) is 2.68. The maximum absolute atomic E-state index is 12.6. The molecule has 3 aromatic rings. The highest BCUT2D eigenvalue weighted by Crippen LogP contribution is 2.23. The highest BCUT2D eigenvalue weighted by atomic mass is 35.5. The third-order valence-corrected chi connectivity index (χ3v) is 4.34. The number of nitriles is 1. The molecule has 0 fully saturated rings. The highest BCUT2D eigenvalue weighted by molar-refractivity contribution is 6.31. The Labute approximate surface area is 166 Å². The zero-order valence-corrected chi connectivity index (χ0v) is 15.9. The summed E-state index contributed by atoms with van der Waals surface area (Å²) in [4.78, 5) is 26.3. The summed E-state index contributed by atoms with van der Waals surface area (Å²) in [6, 6.07) is 15.8. The number of benzene rings is 2. The summed E-state index contributed by atoms with van der Waals surface area (Å²) in [6.45, 7) is 1.68. The van der Waals surface area contributed by atoms with Gasteiger partial charge in [-0.15, -0.1) is 0 Å². The zero-order chi connectivity index (χ0) is 20.1. The van der Waals surface area contributed by atoms with E-state index < -0.39 is 18.5 Å². The number of anilines is 1. The molecule has 3 rings (SSSR count).